The highest BCUT2D eigenvalue weighted by atomic mass is 32.1. The Bertz CT molecular complexity index is 1210. The second-order valence-corrected chi connectivity index (χ2v) is 9.66. The van der Waals surface area contributed by atoms with Crippen molar-refractivity contribution in [3.63, 3.8) is 0 Å². The largest absolute Gasteiger partial charge is 0.508 e. The summed E-state index contributed by atoms with van der Waals surface area (Å²) in [6.45, 7) is 7.39. The molecule has 1 heterocycles. The molecule has 0 radical (unpaired) electrons. The van der Waals surface area contributed by atoms with Gasteiger partial charge in [0.1, 0.15) is 16.7 Å². The third-order valence-electron chi connectivity index (χ3n) is 4.90. The van der Waals surface area contributed by atoms with E-state index in [1.165, 1.54) is 17.0 Å². The van der Waals surface area contributed by atoms with Gasteiger partial charge in [-0.05, 0) is 69.1 Å². The molecular weight excluding hydrogens is 454 g/mol. The first-order chi connectivity index (χ1) is 15.9. The third kappa shape index (κ3) is 5.34. The predicted octanol–water partition coefficient (Wildman–Crippen LogP) is 3.14. The van der Waals surface area contributed by atoms with E-state index >= 15 is 0 Å². The maximum Gasteiger partial charge on any atom is 0.273 e. The fourth-order valence-corrected chi connectivity index (χ4v) is 4.08. The monoisotopic (exact) mass is 481 g/mol. The molecule has 34 heavy (non-hydrogen) atoms. The number of amides is 3. The van der Waals surface area contributed by atoms with E-state index in [0.717, 1.165) is 17.1 Å². The molecule has 1 unspecified atom stereocenters. The molecule has 3 amide bonds. The molecule has 3 aromatic rings. The standard InChI is InChI=1S/C24H27N5O4S/c1-13-5-9-15(10-6-13)29(23(33)20-17(25)18(21(26)31)28-34-20)19(22(32)27-24(2,3)4)14-7-11-16(30)12-8-14/h5-12,19,30H,25H2,1-4H3,(H2,26,31)(H,27,32). The number of nitrogen functional groups attached to an aromatic ring is 1. The fraction of sp³-hybridized carbons (Fsp3) is 0.250. The van der Waals surface area contributed by atoms with Crippen LogP contribution >= 0.6 is 11.5 Å². The van der Waals surface area contributed by atoms with Crippen LogP contribution in [0.15, 0.2) is 48.5 Å². The summed E-state index contributed by atoms with van der Waals surface area (Å²) in [6.07, 6.45) is 0. The first-order valence-electron chi connectivity index (χ1n) is 10.4. The van der Waals surface area contributed by atoms with E-state index in [1.54, 1.807) is 24.3 Å². The zero-order valence-electron chi connectivity index (χ0n) is 19.3. The average molecular weight is 482 g/mol. The minimum absolute atomic E-state index is 0.0123. The van der Waals surface area contributed by atoms with Crippen LogP contribution in [0.5, 0.6) is 5.75 Å². The molecule has 9 nitrogen and oxygen atoms in total. The first kappa shape index (κ1) is 24.7. The first-order valence-corrected chi connectivity index (χ1v) is 11.2. The summed E-state index contributed by atoms with van der Waals surface area (Å²) in [5, 5.41) is 12.7. The highest BCUT2D eigenvalue weighted by Crippen LogP contribution is 2.34. The molecule has 0 bridgehead atoms. The second-order valence-electron chi connectivity index (χ2n) is 8.88. The van der Waals surface area contributed by atoms with E-state index in [9.17, 15) is 19.5 Å². The molecule has 0 aliphatic carbocycles. The summed E-state index contributed by atoms with van der Waals surface area (Å²) in [7, 11) is 0. The number of rotatable bonds is 6. The number of aromatic nitrogens is 1. The average Bonchev–Trinajstić information content (AvgIpc) is 3.13. The summed E-state index contributed by atoms with van der Waals surface area (Å²) in [6, 6.07) is 12.0. The van der Waals surface area contributed by atoms with E-state index in [-0.39, 0.29) is 22.0 Å². The SMILES string of the molecule is Cc1ccc(N(C(=O)c2snc(C(N)=O)c2N)C(C(=O)NC(C)(C)C)c2ccc(O)cc2)cc1. The molecule has 0 saturated carbocycles. The zero-order chi connectivity index (χ0) is 25.2. The van der Waals surface area contributed by atoms with E-state index in [2.05, 4.69) is 9.69 Å². The summed E-state index contributed by atoms with van der Waals surface area (Å²) in [4.78, 5) is 40.4. The van der Waals surface area contributed by atoms with Crippen LogP contribution in [0.1, 0.15) is 58.1 Å². The van der Waals surface area contributed by atoms with E-state index in [0.29, 0.717) is 11.3 Å². The number of primary amides is 1. The number of anilines is 2. The van der Waals surface area contributed by atoms with Gasteiger partial charge in [0, 0.05) is 11.2 Å². The molecule has 1 atom stereocenters. The van der Waals surface area contributed by atoms with Crippen molar-refractivity contribution in [3.8, 4) is 5.75 Å². The lowest BCUT2D eigenvalue weighted by molar-refractivity contribution is -0.123. The van der Waals surface area contributed by atoms with Crippen LogP contribution in [0.25, 0.3) is 0 Å². The number of nitrogens with two attached hydrogens (primary N) is 2. The number of aryl methyl sites for hydroxylation is 1. The van der Waals surface area contributed by atoms with Crippen molar-refractivity contribution in [2.45, 2.75) is 39.3 Å². The number of hydrogen-bond acceptors (Lipinski definition) is 7. The molecular formula is C24H27N5O4S. The summed E-state index contributed by atoms with van der Waals surface area (Å²) in [5.41, 5.74) is 12.3. The molecule has 178 valence electrons. The number of phenolic OH excluding ortho intramolecular Hbond substituents is 1. The van der Waals surface area contributed by atoms with Crippen LogP contribution in [0, 0.1) is 6.92 Å². The number of nitrogens with one attached hydrogen (secondary N) is 1. The molecule has 0 spiro atoms. The van der Waals surface area contributed by atoms with Gasteiger partial charge in [-0.25, -0.2) is 0 Å². The maximum absolute atomic E-state index is 13.9. The third-order valence-corrected chi connectivity index (χ3v) is 5.75. The van der Waals surface area contributed by atoms with Gasteiger partial charge in [-0.1, -0.05) is 29.8 Å². The minimum Gasteiger partial charge on any atom is -0.508 e. The molecule has 2 aromatic carbocycles. The van der Waals surface area contributed by atoms with E-state index < -0.39 is 29.3 Å². The Morgan fingerprint density at radius 2 is 1.65 bits per heavy atom. The quantitative estimate of drug-likeness (QED) is 0.424. The Labute approximate surface area is 201 Å². The maximum atomic E-state index is 13.9. The topological polar surface area (TPSA) is 152 Å². The summed E-state index contributed by atoms with van der Waals surface area (Å²) >= 11 is 0.740. The van der Waals surface area contributed by atoms with Crippen molar-refractivity contribution in [2.24, 2.45) is 5.73 Å². The number of aromatic hydroxyl groups is 1. The molecule has 0 saturated heterocycles. The van der Waals surface area contributed by atoms with Crippen molar-refractivity contribution < 1.29 is 19.5 Å². The minimum atomic E-state index is -1.12. The molecule has 1 aromatic heterocycles. The van der Waals surface area contributed by atoms with Crippen molar-refractivity contribution in [1.82, 2.24) is 9.69 Å². The van der Waals surface area contributed by atoms with E-state index in [1.807, 2.05) is 39.8 Å². The van der Waals surface area contributed by atoms with Gasteiger partial charge < -0.3 is 21.9 Å². The van der Waals surface area contributed by atoms with Crippen LogP contribution in [0.2, 0.25) is 0 Å². The normalized spacial score (nSPS) is 12.1. The van der Waals surface area contributed by atoms with Gasteiger partial charge in [-0.15, -0.1) is 0 Å². The Hall–Kier alpha value is -3.92. The number of nitrogens with zero attached hydrogens (tertiary/aromatic N) is 2. The number of carbonyl (C=O) groups is 3. The zero-order valence-corrected chi connectivity index (χ0v) is 20.1. The Morgan fingerprint density at radius 3 is 2.15 bits per heavy atom. The summed E-state index contributed by atoms with van der Waals surface area (Å²) in [5.74, 6) is -1.89. The smallest absolute Gasteiger partial charge is 0.273 e. The van der Waals surface area contributed by atoms with Gasteiger partial charge in [0.05, 0.1) is 5.69 Å². The Kier molecular flexibility index (Phi) is 6.92. The number of hydrogen-bond donors (Lipinski definition) is 4. The Balaban J connectivity index is 2.22. The number of phenols is 1. The van der Waals surface area contributed by atoms with Crippen molar-refractivity contribution in [3.05, 3.63) is 70.2 Å². The van der Waals surface area contributed by atoms with Crippen molar-refractivity contribution in [2.75, 3.05) is 10.6 Å². The number of carbonyl (C=O) groups excluding carboxylic acids is 3. The lowest BCUT2D eigenvalue weighted by Gasteiger charge is -2.33. The fourth-order valence-electron chi connectivity index (χ4n) is 3.34. The molecule has 0 aliphatic rings. The highest BCUT2D eigenvalue weighted by Gasteiger charge is 2.37. The van der Waals surface area contributed by atoms with Gasteiger partial charge in [0.25, 0.3) is 11.8 Å². The van der Waals surface area contributed by atoms with E-state index in [4.69, 9.17) is 11.5 Å². The van der Waals surface area contributed by atoms with Gasteiger partial charge in [-0.3, -0.25) is 19.3 Å². The van der Waals surface area contributed by atoms with Crippen molar-refractivity contribution >= 4 is 40.6 Å². The van der Waals surface area contributed by atoms with Crippen LogP contribution in [0.3, 0.4) is 0 Å². The second kappa shape index (κ2) is 9.52. The highest BCUT2D eigenvalue weighted by molar-refractivity contribution is 7.09. The predicted molar refractivity (Wildman–Crippen MR) is 132 cm³/mol. The van der Waals surface area contributed by atoms with Crippen LogP contribution in [-0.2, 0) is 4.79 Å². The van der Waals surface area contributed by atoms with Crippen LogP contribution in [-0.4, -0.2) is 32.7 Å². The summed E-state index contributed by atoms with van der Waals surface area (Å²) < 4.78 is 3.94. The molecule has 0 fully saturated rings. The van der Waals surface area contributed by atoms with Gasteiger partial charge in [-0.2, -0.15) is 4.37 Å². The van der Waals surface area contributed by atoms with Crippen molar-refractivity contribution in [1.29, 1.82) is 0 Å². The van der Waals surface area contributed by atoms with Crippen LogP contribution in [0.4, 0.5) is 11.4 Å². The molecule has 6 N–H and O–H groups in total. The van der Waals surface area contributed by atoms with Gasteiger partial charge in [0.2, 0.25) is 5.91 Å². The number of benzene rings is 2. The van der Waals surface area contributed by atoms with Gasteiger partial charge >= 0.3 is 0 Å². The molecule has 3 rings (SSSR count). The van der Waals surface area contributed by atoms with Gasteiger partial charge in [0.15, 0.2) is 5.69 Å². The Morgan fingerprint density at radius 1 is 1.06 bits per heavy atom. The lowest BCUT2D eigenvalue weighted by Crippen LogP contribution is -2.49. The lowest BCUT2D eigenvalue weighted by atomic mass is 10.00. The van der Waals surface area contributed by atoms with Crippen LogP contribution < -0.4 is 21.7 Å². The molecule has 0 aliphatic heterocycles. The molecule has 10 heteroatoms.